The van der Waals surface area contributed by atoms with Crippen molar-refractivity contribution in [3.8, 4) is 10.6 Å². The lowest BCUT2D eigenvalue weighted by Gasteiger charge is -2.00. The van der Waals surface area contributed by atoms with Crippen LogP contribution in [0.4, 0.5) is 0 Å². The minimum Gasteiger partial charge on any atom is -0.137 e. The first-order valence-corrected chi connectivity index (χ1v) is 6.32. The first-order valence-electron chi connectivity index (χ1n) is 3.92. The van der Waals surface area contributed by atoms with Gasteiger partial charge < -0.3 is 0 Å². The lowest BCUT2D eigenvalue weighted by Crippen LogP contribution is -1.81. The molecule has 0 aliphatic heterocycles. The highest BCUT2D eigenvalue weighted by Crippen LogP contribution is 2.32. The van der Waals surface area contributed by atoms with Gasteiger partial charge in [0.2, 0.25) is 0 Å². The van der Waals surface area contributed by atoms with Gasteiger partial charge in [-0.15, -0.1) is 10.2 Å². The third-order valence-corrected chi connectivity index (χ3v) is 3.83. The maximum absolute atomic E-state index is 4.08. The molecule has 0 spiro atoms. The molecule has 1 aromatic heterocycles. The Bertz CT molecular complexity index is 468. The van der Waals surface area contributed by atoms with E-state index in [2.05, 4.69) is 61.1 Å². The summed E-state index contributed by atoms with van der Waals surface area (Å²) in [7, 11) is 0. The monoisotopic (exact) mass is 332 g/mol. The molecular formula is C9H6Br2N2S. The van der Waals surface area contributed by atoms with Crippen molar-refractivity contribution in [1.29, 1.82) is 0 Å². The fraction of sp³-hybridized carbons (Fsp3) is 0.111. The maximum Gasteiger partial charge on any atom is 0.183 e. The average Bonchev–Trinajstić information content (AvgIpc) is 2.56. The van der Waals surface area contributed by atoms with Gasteiger partial charge in [0.1, 0.15) is 5.01 Å². The van der Waals surface area contributed by atoms with Crippen molar-refractivity contribution in [2.24, 2.45) is 0 Å². The van der Waals surface area contributed by atoms with E-state index in [1.54, 1.807) is 0 Å². The quantitative estimate of drug-likeness (QED) is 0.787. The maximum atomic E-state index is 4.08. The number of aryl methyl sites for hydroxylation is 1. The number of benzene rings is 1. The number of nitrogens with zero attached hydrogens (tertiary/aromatic N) is 2. The molecule has 0 fully saturated rings. The van der Waals surface area contributed by atoms with Gasteiger partial charge in [0.15, 0.2) is 3.92 Å². The lowest BCUT2D eigenvalue weighted by atomic mass is 10.1. The van der Waals surface area contributed by atoms with Gasteiger partial charge in [-0.3, -0.25) is 0 Å². The first-order chi connectivity index (χ1) is 6.66. The molecule has 0 saturated carbocycles. The fourth-order valence-electron chi connectivity index (χ4n) is 1.12. The highest BCUT2D eigenvalue weighted by Gasteiger charge is 2.08. The van der Waals surface area contributed by atoms with Crippen LogP contribution in [0.3, 0.4) is 0 Å². The van der Waals surface area contributed by atoms with Gasteiger partial charge in [0.05, 0.1) is 0 Å². The van der Waals surface area contributed by atoms with Gasteiger partial charge >= 0.3 is 0 Å². The third-order valence-electron chi connectivity index (χ3n) is 1.75. The predicted molar refractivity (Wildman–Crippen MR) is 65.5 cm³/mol. The summed E-state index contributed by atoms with van der Waals surface area (Å²) in [6.45, 7) is 2.06. The van der Waals surface area contributed by atoms with Crippen molar-refractivity contribution in [3.05, 3.63) is 32.2 Å². The van der Waals surface area contributed by atoms with Gasteiger partial charge in [-0.1, -0.05) is 38.9 Å². The molecule has 2 nitrogen and oxygen atoms in total. The topological polar surface area (TPSA) is 25.8 Å². The van der Waals surface area contributed by atoms with Crippen LogP contribution in [0.15, 0.2) is 26.6 Å². The summed E-state index contributed by atoms with van der Waals surface area (Å²) in [5.41, 5.74) is 2.31. The second-order valence-electron chi connectivity index (χ2n) is 2.84. The zero-order valence-corrected chi connectivity index (χ0v) is 11.3. The standard InChI is InChI=1S/C9H6Br2N2S/c1-5-2-3-7(10)6(4-5)8-12-13-9(11)14-8/h2-4H,1H3. The highest BCUT2D eigenvalue weighted by molar-refractivity contribution is 9.11. The second kappa shape index (κ2) is 4.08. The molecule has 0 atom stereocenters. The normalized spacial score (nSPS) is 10.5. The number of aromatic nitrogens is 2. The van der Waals surface area contributed by atoms with E-state index in [1.165, 1.54) is 16.9 Å². The summed E-state index contributed by atoms with van der Waals surface area (Å²) >= 11 is 8.33. The molecule has 0 saturated heterocycles. The van der Waals surface area contributed by atoms with Crippen LogP contribution < -0.4 is 0 Å². The molecule has 0 aliphatic rings. The van der Waals surface area contributed by atoms with Gasteiger partial charge in [0.25, 0.3) is 0 Å². The summed E-state index contributed by atoms with van der Waals surface area (Å²) in [6, 6.07) is 6.18. The zero-order valence-electron chi connectivity index (χ0n) is 7.29. The highest BCUT2D eigenvalue weighted by atomic mass is 79.9. The molecule has 0 unspecified atom stereocenters. The largest absolute Gasteiger partial charge is 0.183 e. The minimum absolute atomic E-state index is 0.806. The molecule has 0 N–H and O–H groups in total. The molecule has 1 heterocycles. The van der Waals surface area contributed by atoms with Crippen LogP contribution in [0.1, 0.15) is 5.56 Å². The smallest absolute Gasteiger partial charge is 0.137 e. The van der Waals surface area contributed by atoms with Crippen LogP contribution in [-0.4, -0.2) is 10.2 Å². The Morgan fingerprint density at radius 2 is 2.00 bits per heavy atom. The van der Waals surface area contributed by atoms with Crippen molar-refractivity contribution in [2.45, 2.75) is 6.92 Å². The number of rotatable bonds is 1. The van der Waals surface area contributed by atoms with Crippen LogP contribution in [-0.2, 0) is 0 Å². The summed E-state index contributed by atoms with van der Waals surface area (Å²) in [4.78, 5) is 0. The molecule has 72 valence electrons. The zero-order chi connectivity index (χ0) is 10.1. The average molecular weight is 334 g/mol. The van der Waals surface area contributed by atoms with Crippen molar-refractivity contribution in [1.82, 2.24) is 10.2 Å². The number of halogens is 2. The van der Waals surface area contributed by atoms with Crippen LogP contribution in [0, 0.1) is 6.92 Å². The van der Waals surface area contributed by atoms with E-state index >= 15 is 0 Å². The van der Waals surface area contributed by atoms with E-state index in [1.807, 2.05) is 6.07 Å². The Labute approximate surface area is 103 Å². The van der Waals surface area contributed by atoms with Gasteiger partial charge in [-0.2, -0.15) is 0 Å². The molecule has 1 aromatic carbocycles. The van der Waals surface area contributed by atoms with Crippen molar-refractivity contribution >= 4 is 43.2 Å². The van der Waals surface area contributed by atoms with E-state index in [9.17, 15) is 0 Å². The molecule has 0 radical (unpaired) electrons. The first kappa shape index (κ1) is 10.3. The van der Waals surface area contributed by atoms with Crippen LogP contribution in [0.25, 0.3) is 10.6 Å². The molecule has 0 amide bonds. The number of hydrogen-bond acceptors (Lipinski definition) is 3. The van der Waals surface area contributed by atoms with Gasteiger partial charge in [0, 0.05) is 10.0 Å². The lowest BCUT2D eigenvalue weighted by molar-refractivity contribution is 1.07. The Kier molecular flexibility index (Phi) is 2.99. The Morgan fingerprint density at radius 3 is 2.64 bits per heavy atom. The van der Waals surface area contributed by atoms with E-state index in [0.717, 1.165) is 19.0 Å². The molecule has 0 bridgehead atoms. The van der Waals surface area contributed by atoms with Gasteiger partial charge in [-0.05, 0) is 35.0 Å². The molecule has 14 heavy (non-hydrogen) atoms. The van der Waals surface area contributed by atoms with Crippen molar-refractivity contribution in [2.75, 3.05) is 0 Å². The molecular weight excluding hydrogens is 328 g/mol. The third kappa shape index (κ3) is 2.04. The Morgan fingerprint density at radius 1 is 1.21 bits per heavy atom. The summed E-state index contributed by atoms with van der Waals surface area (Å²) in [6.07, 6.45) is 0. The SMILES string of the molecule is Cc1ccc(Br)c(-c2nnc(Br)s2)c1. The van der Waals surface area contributed by atoms with E-state index < -0.39 is 0 Å². The summed E-state index contributed by atoms with van der Waals surface area (Å²) < 4.78 is 1.85. The van der Waals surface area contributed by atoms with Crippen LogP contribution in [0.2, 0.25) is 0 Å². The van der Waals surface area contributed by atoms with E-state index in [4.69, 9.17) is 0 Å². The molecule has 2 rings (SSSR count). The summed E-state index contributed by atoms with van der Waals surface area (Å²) in [5, 5.41) is 8.93. The molecule has 2 aromatic rings. The second-order valence-corrected chi connectivity index (χ2v) is 5.95. The Balaban J connectivity index is 2.55. The fourth-order valence-corrected chi connectivity index (χ4v) is 2.82. The van der Waals surface area contributed by atoms with Crippen LogP contribution in [0.5, 0.6) is 0 Å². The number of hydrogen-bond donors (Lipinski definition) is 0. The van der Waals surface area contributed by atoms with E-state index in [0.29, 0.717) is 0 Å². The van der Waals surface area contributed by atoms with E-state index in [-0.39, 0.29) is 0 Å². The van der Waals surface area contributed by atoms with Crippen LogP contribution >= 0.6 is 43.2 Å². The molecule has 0 aliphatic carbocycles. The van der Waals surface area contributed by atoms with Crippen molar-refractivity contribution in [3.63, 3.8) is 0 Å². The Hall–Kier alpha value is -0.260. The minimum atomic E-state index is 0.806. The predicted octanol–water partition coefficient (Wildman–Crippen LogP) is 4.04. The summed E-state index contributed by atoms with van der Waals surface area (Å²) in [5.74, 6) is 0. The van der Waals surface area contributed by atoms with Crippen molar-refractivity contribution < 1.29 is 0 Å². The molecule has 5 heteroatoms. The van der Waals surface area contributed by atoms with Gasteiger partial charge in [-0.25, -0.2) is 0 Å².